The van der Waals surface area contributed by atoms with Crippen LogP contribution < -0.4 is 22.1 Å². The monoisotopic (exact) mass is 340 g/mol. The van der Waals surface area contributed by atoms with E-state index in [2.05, 4.69) is 10.9 Å². The summed E-state index contributed by atoms with van der Waals surface area (Å²) in [4.78, 5) is 27.2. The van der Waals surface area contributed by atoms with Crippen molar-refractivity contribution in [3.63, 3.8) is 0 Å². The van der Waals surface area contributed by atoms with E-state index < -0.39 is 6.67 Å². The van der Waals surface area contributed by atoms with E-state index in [1.54, 1.807) is 11.6 Å². The van der Waals surface area contributed by atoms with Crippen LogP contribution in [0.15, 0.2) is 9.59 Å². The van der Waals surface area contributed by atoms with E-state index in [4.69, 9.17) is 0 Å². The summed E-state index contributed by atoms with van der Waals surface area (Å²) in [7, 11) is 1.78. The number of hydrogen-bond donors (Lipinski definition) is 2. The summed E-state index contributed by atoms with van der Waals surface area (Å²) >= 11 is 1.43. The van der Waals surface area contributed by atoms with Crippen molar-refractivity contribution in [1.82, 2.24) is 20.0 Å². The zero-order valence-electron chi connectivity index (χ0n) is 13.3. The van der Waals surface area contributed by atoms with E-state index >= 15 is 0 Å². The molecule has 2 aromatic rings. The van der Waals surface area contributed by atoms with E-state index in [1.807, 2.05) is 6.92 Å². The fourth-order valence-corrected chi connectivity index (χ4v) is 4.07. The molecule has 1 fully saturated rings. The van der Waals surface area contributed by atoms with Gasteiger partial charge < -0.3 is 0 Å². The molecule has 0 aromatic carbocycles. The van der Waals surface area contributed by atoms with Crippen LogP contribution in [0.4, 0.5) is 4.39 Å². The molecule has 0 amide bonds. The number of alkyl halides is 1. The fraction of sp³-hybridized carbons (Fsp3) is 0.600. The van der Waals surface area contributed by atoms with Crippen LogP contribution in [0.5, 0.6) is 0 Å². The highest BCUT2D eigenvalue weighted by Gasteiger charge is 2.30. The minimum absolute atomic E-state index is 0.00853. The van der Waals surface area contributed by atoms with Crippen LogP contribution in [0.25, 0.3) is 10.2 Å². The van der Waals surface area contributed by atoms with Gasteiger partial charge in [-0.2, -0.15) is 0 Å². The lowest BCUT2D eigenvalue weighted by atomic mass is 10.2. The second-order valence-corrected chi connectivity index (χ2v) is 6.90. The molecule has 0 unspecified atom stereocenters. The number of thiophene rings is 1. The Morgan fingerprint density at radius 2 is 2.09 bits per heavy atom. The maximum Gasteiger partial charge on any atom is 0.332 e. The molecular formula is C15H21FN4O2S. The zero-order chi connectivity index (χ0) is 16.6. The van der Waals surface area contributed by atoms with Gasteiger partial charge in [0.2, 0.25) is 0 Å². The summed E-state index contributed by atoms with van der Waals surface area (Å²) in [5.74, 6) is 0. The predicted molar refractivity (Wildman–Crippen MR) is 89.8 cm³/mol. The third kappa shape index (κ3) is 2.86. The highest BCUT2D eigenvalue weighted by Crippen LogP contribution is 2.34. The van der Waals surface area contributed by atoms with Crippen LogP contribution in [0.2, 0.25) is 0 Å². The Hall–Kier alpha value is -1.51. The summed E-state index contributed by atoms with van der Waals surface area (Å²) in [5.41, 5.74) is 6.28. The van der Waals surface area contributed by atoms with Gasteiger partial charge in [0.05, 0.1) is 12.1 Å². The largest absolute Gasteiger partial charge is 0.332 e. The molecule has 0 bridgehead atoms. The summed E-state index contributed by atoms with van der Waals surface area (Å²) in [6.07, 6.45) is 2.00. The molecule has 0 saturated heterocycles. The molecule has 1 saturated carbocycles. The number of aryl methyl sites for hydroxylation is 2. The number of rotatable bonds is 7. The van der Waals surface area contributed by atoms with E-state index in [0.29, 0.717) is 23.3 Å². The quantitative estimate of drug-likeness (QED) is 0.749. The Kier molecular flexibility index (Phi) is 4.65. The van der Waals surface area contributed by atoms with Crippen molar-refractivity contribution in [2.24, 2.45) is 0 Å². The van der Waals surface area contributed by atoms with Crippen LogP contribution in [-0.2, 0) is 13.1 Å². The molecule has 8 heteroatoms. The first-order valence-corrected chi connectivity index (χ1v) is 8.64. The van der Waals surface area contributed by atoms with Crippen molar-refractivity contribution in [2.75, 3.05) is 13.7 Å². The molecule has 0 spiro atoms. The van der Waals surface area contributed by atoms with Crippen LogP contribution >= 0.6 is 11.3 Å². The fourth-order valence-electron chi connectivity index (χ4n) is 2.82. The third-order valence-corrected chi connectivity index (χ3v) is 5.51. The molecule has 23 heavy (non-hydrogen) atoms. The second kappa shape index (κ2) is 6.54. The van der Waals surface area contributed by atoms with Crippen molar-refractivity contribution in [3.8, 4) is 0 Å². The Bertz CT molecular complexity index is 835. The lowest BCUT2D eigenvalue weighted by molar-refractivity contribution is 0.440. The van der Waals surface area contributed by atoms with Crippen LogP contribution in [0.1, 0.15) is 35.7 Å². The van der Waals surface area contributed by atoms with Crippen LogP contribution in [0.3, 0.4) is 0 Å². The summed E-state index contributed by atoms with van der Waals surface area (Å²) in [6.45, 7) is 2.31. The molecule has 2 heterocycles. The Morgan fingerprint density at radius 1 is 1.35 bits per heavy atom. The predicted octanol–water partition coefficient (Wildman–Crippen LogP) is 1.45. The average molecular weight is 340 g/mol. The van der Waals surface area contributed by atoms with Gasteiger partial charge in [0.25, 0.3) is 5.56 Å². The molecule has 2 N–H and O–H groups in total. The van der Waals surface area contributed by atoms with Crippen LogP contribution in [0, 0.1) is 6.92 Å². The standard InChI is InChI=1S/C15H21FN4O2S/c1-9-11(8-18-17-2)23-14-12(9)13(21)20(10-4-5-10)15(22)19(14)7-3-6-16/h10,17-18H,3-8H2,1-2H3. The lowest BCUT2D eigenvalue weighted by Crippen LogP contribution is -2.39. The van der Waals surface area contributed by atoms with Gasteiger partial charge in [0, 0.05) is 24.0 Å². The van der Waals surface area contributed by atoms with E-state index in [0.717, 1.165) is 23.3 Å². The molecule has 0 radical (unpaired) electrons. The topological polar surface area (TPSA) is 68.1 Å². The third-order valence-electron chi connectivity index (χ3n) is 4.19. The minimum atomic E-state index is -0.477. The smallest absolute Gasteiger partial charge is 0.284 e. The number of nitrogens with one attached hydrogen (secondary N) is 2. The van der Waals surface area contributed by atoms with E-state index in [1.165, 1.54) is 15.9 Å². The zero-order valence-corrected chi connectivity index (χ0v) is 14.1. The van der Waals surface area contributed by atoms with Crippen molar-refractivity contribution >= 4 is 21.6 Å². The van der Waals surface area contributed by atoms with E-state index in [-0.39, 0.29) is 23.7 Å². The Labute approximate surface area is 136 Å². The number of hydrogen-bond acceptors (Lipinski definition) is 5. The molecular weight excluding hydrogens is 319 g/mol. The van der Waals surface area contributed by atoms with Gasteiger partial charge in [0.1, 0.15) is 4.83 Å². The molecule has 3 rings (SSSR count). The summed E-state index contributed by atoms with van der Waals surface area (Å²) < 4.78 is 15.6. The number of aromatic nitrogens is 2. The molecule has 1 aliphatic rings. The Morgan fingerprint density at radius 3 is 2.70 bits per heavy atom. The first kappa shape index (κ1) is 16.4. The maximum absolute atomic E-state index is 12.8. The minimum Gasteiger partial charge on any atom is -0.284 e. The van der Waals surface area contributed by atoms with Gasteiger partial charge in [-0.25, -0.2) is 4.79 Å². The van der Waals surface area contributed by atoms with Gasteiger partial charge in [-0.15, -0.1) is 11.3 Å². The SMILES string of the molecule is CNNCc1sc2c(c1C)c(=O)n(C1CC1)c(=O)n2CCCF. The van der Waals surface area contributed by atoms with E-state index in [9.17, 15) is 14.0 Å². The molecule has 0 aliphatic heterocycles. The van der Waals surface area contributed by atoms with Gasteiger partial charge in [0.15, 0.2) is 0 Å². The van der Waals surface area contributed by atoms with Crippen molar-refractivity contribution in [3.05, 3.63) is 31.3 Å². The number of hydrazine groups is 1. The molecule has 126 valence electrons. The molecule has 6 nitrogen and oxygen atoms in total. The number of nitrogens with zero attached hydrogens (tertiary/aromatic N) is 2. The number of fused-ring (bicyclic) bond motifs is 1. The molecule has 2 aromatic heterocycles. The van der Waals surface area contributed by atoms with Crippen LogP contribution in [-0.4, -0.2) is 22.9 Å². The first-order valence-electron chi connectivity index (χ1n) is 7.83. The van der Waals surface area contributed by atoms with Crippen molar-refractivity contribution in [1.29, 1.82) is 0 Å². The second-order valence-electron chi connectivity index (χ2n) is 5.82. The first-order chi connectivity index (χ1) is 11.1. The highest BCUT2D eigenvalue weighted by molar-refractivity contribution is 7.18. The molecule has 0 atom stereocenters. The summed E-state index contributed by atoms with van der Waals surface area (Å²) in [5, 5.41) is 0.605. The normalized spacial score (nSPS) is 14.7. The number of halogens is 1. The Balaban J connectivity index is 2.25. The van der Waals surface area contributed by atoms with Gasteiger partial charge in [-0.3, -0.25) is 29.2 Å². The average Bonchev–Trinajstić information content (AvgIpc) is 3.30. The van der Waals surface area contributed by atoms with Crippen molar-refractivity contribution in [2.45, 2.75) is 45.3 Å². The maximum atomic E-state index is 12.8. The highest BCUT2D eigenvalue weighted by atomic mass is 32.1. The lowest BCUT2D eigenvalue weighted by Gasteiger charge is -2.10. The van der Waals surface area contributed by atoms with Crippen molar-refractivity contribution < 1.29 is 4.39 Å². The van der Waals surface area contributed by atoms with Gasteiger partial charge in [-0.1, -0.05) is 0 Å². The summed E-state index contributed by atoms with van der Waals surface area (Å²) in [6, 6.07) is 0.00853. The van der Waals surface area contributed by atoms with Gasteiger partial charge in [-0.05, 0) is 38.8 Å². The van der Waals surface area contributed by atoms with Gasteiger partial charge >= 0.3 is 5.69 Å². The molecule has 1 aliphatic carbocycles.